The Balaban J connectivity index is 2.50. The summed E-state index contributed by atoms with van der Waals surface area (Å²) >= 11 is 0. The second-order valence-corrected chi connectivity index (χ2v) is 3.73. The zero-order valence-electron chi connectivity index (χ0n) is 8.17. The molecule has 2 rings (SSSR count). The van der Waals surface area contributed by atoms with Crippen LogP contribution in [0, 0.1) is 0 Å². The first-order chi connectivity index (χ1) is 6.20. The minimum absolute atomic E-state index is 0.522. The van der Waals surface area contributed by atoms with Crippen LogP contribution in [-0.2, 0) is 0 Å². The number of allylic oxidation sites excluding steroid dienone is 2. The lowest BCUT2D eigenvalue weighted by Gasteiger charge is -2.10. The maximum atomic E-state index is 4.00. The van der Waals surface area contributed by atoms with E-state index < -0.39 is 0 Å². The molecule has 0 fully saturated rings. The zero-order valence-corrected chi connectivity index (χ0v) is 8.17. The average Bonchev–Trinajstić information content (AvgIpc) is 2.45. The molecule has 0 amide bonds. The van der Waals surface area contributed by atoms with Crippen LogP contribution in [0.5, 0.6) is 0 Å². The molecule has 1 aliphatic rings. The van der Waals surface area contributed by atoms with Gasteiger partial charge in [0.15, 0.2) is 0 Å². The molecule has 1 aromatic rings. The molecule has 66 valence electrons. The van der Waals surface area contributed by atoms with Crippen LogP contribution in [0.4, 0.5) is 0 Å². The van der Waals surface area contributed by atoms with Gasteiger partial charge in [0.1, 0.15) is 0 Å². The Morgan fingerprint density at radius 2 is 2.00 bits per heavy atom. The second kappa shape index (κ2) is 2.88. The van der Waals surface area contributed by atoms with Gasteiger partial charge in [-0.2, -0.15) is 0 Å². The summed E-state index contributed by atoms with van der Waals surface area (Å²) in [5, 5.41) is 0. The van der Waals surface area contributed by atoms with Crippen molar-refractivity contribution in [3.05, 3.63) is 53.1 Å². The quantitative estimate of drug-likeness (QED) is 0.602. The Morgan fingerprint density at radius 3 is 2.62 bits per heavy atom. The van der Waals surface area contributed by atoms with Crippen molar-refractivity contribution in [2.24, 2.45) is 0 Å². The topological polar surface area (TPSA) is 0 Å². The number of benzene rings is 1. The van der Waals surface area contributed by atoms with E-state index in [0.29, 0.717) is 5.92 Å². The van der Waals surface area contributed by atoms with E-state index in [4.69, 9.17) is 0 Å². The van der Waals surface area contributed by atoms with Crippen LogP contribution in [-0.4, -0.2) is 0 Å². The van der Waals surface area contributed by atoms with Crippen LogP contribution in [0.15, 0.2) is 42.0 Å². The Kier molecular flexibility index (Phi) is 1.84. The molecular formula is C13H14. The van der Waals surface area contributed by atoms with E-state index in [1.165, 1.54) is 22.3 Å². The van der Waals surface area contributed by atoms with Crippen LogP contribution in [0.3, 0.4) is 0 Å². The number of hydrogen-bond donors (Lipinski definition) is 0. The largest absolute Gasteiger partial charge is 0.0958 e. The van der Waals surface area contributed by atoms with Crippen LogP contribution in [0.25, 0.3) is 6.08 Å². The van der Waals surface area contributed by atoms with Gasteiger partial charge in [0.05, 0.1) is 0 Å². The highest BCUT2D eigenvalue weighted by Gasteiger charge is 2.20. The summed E-state index contributed by atoms with van der Waals surface area (Å²) in [6.45, 7) is 8.32. The van der Waals surface area contributed by atoms with Crippen molar-refractivity contribution in [3.8, 4) is 0 Å². The van der Waals surface area contributed by atoms with E-state index in [-0.39, 0.29) is 0 Å². The maximum Gasteiger partial charge on any atom is 0.00695 e. The monoisotopic (exact) mass is 170 g/mol. The minimum atomic E-state index is 0.522. The molecule has 1 aliphatic carbocycles. The van der Waals surface area contributed by atoms with Crippen molar-refractivity contribution in [1.82, 2.24) is 0 Å². The van der Waals surface area contributed by atoms with Crippen molar-refractivity contribution >= 4 is 6.08 Å². The van der Waals surface area contributed by atoms with Crippen molar-refractivity contribution in [2.45, 2.75) is 19.8 Å². The predicted octanol–water partition coefficient (Wildman–Crippen LogP) is 3.76. The molecule has 1 aromatic carbocycles. The van der Waals surface area contributed by atoms with Gasteiger partial charge in [-0.05, 0) is 23.6 Å². The first kappa shape index (κ1) is 8.31. The molecule has 0 saturated carbocycles. The molecule has 0 N–H and O–H groups in total. The number of rotatable bonds is 1. The summed E-state index contributed by atoms with van der Waals surface area (Å²) in [6.07, 6.45) is 2.25. The van der Waals surface area contributed by atoms with Gasteiger partial charge in [-0.25, -0.2) is 0 Å². The van der Waals surface area contributed by atoms with Gasteiger partial charge in [0.25, 0.3) is 0 Å². The molecule has 0 bridgehead atoms. The molecule has 13 heavy (non-hydrogen) atoms. The van der Waals surface area contributed by atoms with Gasteiger partial charge in [-0.15, -0.1) is 0 Å². The average molecular weight is 170 g/mol. The fourth-order valence-corrected chi connectivity index (χ4v) is 1.99. The normalized spacial score (nSPS) is 19.5. The van der Waals surface area contributed by atoms with E-state index in [2.05, 4.69) is 50.8 Å². The molecular weight excluding hydrogens is 156 g/mol. The fourth-order valence-electron chi connectivity index (χ4n) is 1.99. The minimum Gasteiger partial charge on any atom is -0.0958 e. The highest BCUT2D eigenvalue weighted by molar-refractivity contribution is 5.70. The summed E-state index contributed by atoms with van der Waals surface area (Å²) in [6, 6.07) is 8.56. The summed E-state index contributed by atoms with van der Waals surface area (Å²) in [5.74, 6) is 0.522. The third-order valence-electron chi connectivity index (χ3n) is 2.73. The third kappa shape index (κ3) is 1.23. The van der Waals surface area contributed by atoms with E-state index in [9.17, 15) is 0 Å². The van der Waals surface area contributed by atoms with Gasteiger partial charge in [-0.3, -0.25) is 0 Å². The Morgan fingerprint density at radius 1 is 1.31 bits per heavy atom. The molecule has 0 aliphatic heterocycles. The summed E-state index contributed by atoms with van der Waals surface area (Å²) < 4.78 is 0. The Labute approximate surface area is 79.6 Å². The molecule has 1 atom stereocenters. The summed E-state index contributed by atoms with van der Waals surface area (Å²) in [5.41, 5.74) is 5.35. The molecule has 1 unspecified atom stereocenters. The van der Waals surface area contributed by atoms with Crippen molar-refractivity contribution in [2.75, 3.05) is 0 Å². The van der Waals surface area contributed by atoms with Gasteiger partial charge in [-0.1, -0.05) is 49.4 Å². The third-order valence-corrected chi connectivity index (χ3v) is 2.73. The summed E-state index contributed by atoms with van der Waals surface area (Å²) in [7, 11) is 0. The molecule has 0 heteroatoms. The number of hydrogen-bond acceptors (Lipinski definition) is 0. The van der Waals surface area contributed by atoms with Gasteiger partial charge in [0, 0.05) is 5.92 Å². The first-order valence-corrected chi connectivity index (χ1v) is 4.66. The molecule has 0 saturated heterocycles. The van der Waals surface area contributed by atoms with Crippen LogP contribution < -0.4 is 0 Å². The predicted molar refractivity (Wildman–Crippen MR) is 57.6 cm³/mol. The molecule has 0 nitrogen and oxygen atoms in total. The number of fused-ring (bicyclic) bond motifs is 1. The lowest BCUT2D eigenvalue weighted by Crippen LogP contribution is -1.93. The van der Waals surface area contributed by atoms with E-state index in [1.807, 2.05) is 0 Å². The Bertz CT molecular complexity index is 383. The maximum absolute atomic E-state index is 4.00. The molecule has 0 aromatic heterocycles. The van der Waals surface area contributed by atoms with Crippen LogP contribution >= 0.6 is 0 Å². The van der Waals surface area contributed by atoms with Gasteiger partial charge >= 0.3 is 0 Å². The highest BCUT2D eigenvalue weighted by Crippen LogP contribution is 2.38. The summed E-state index contributed by atoms with van der Waals surface area (Å²) in [4.78, 5) is 0. The van der Waals surface area contributed by atoms with Gasteiger partial charge in [0.2, 0.25) is 0 Å². The van der Waals surface area contributed by atoms with Crippen molar-refractivity contribution in [3.63, 3.8) is 0 Å². The lowest BCUT2D eigenvalue weighted by atomic mass is 9.94. The second-order valence-electron chi connectivity index (χ2n) is 3.73. The smallest absolute Gasteiger partial charge is 0.00695 e. The van der Waals surface area contributed by atoms with E-state index >= 15 is 0 Å². The fraction of sp³-hybridized carbons (Fsp3) is 0.231. The molecule has 0 heterocycles. The van der Waals surface area contributed by atoms with E-state index in [1.54, 1.807) is 0 Å². The SMILES string of the molecule is C=C(C)C1=Cc2ccccc2C1C. The van der Waals surface area contributed by atoms with Crippen molar-refractivity contribution < 1.29 is 0 Å². The van der Waals surface area contributed by atoms with E-state index in [0.717, 1.165) is 0 Å². The first-order valence-electron chi connectivity index (χ1n) is 4.66. The van der Waals surface area contributed by atoms with Gasteiger partial charge < -0.3 is 0 Å². The Hall–Kier alpha value is -1.30. The molecule has 0 spiro atoms. The van der Waals surface area contributed by atoms with Crippen LogP contribution in [0.1, 0.15) is 30.9 Å². The standard InChI is InChI=1S/C13H14/c1-9(2)13-8-11-6-4-5-7-12(11)10(13)3/h4-8,10H,1H2,2-3H3. The van der Waals surface area contributed by atoms with Crippen molar-refractivity contribution in [1.29, 1.82) is 0 Å². The lowest BCUT2D eigenvalue weighted by molar-refractivity contribution is 0.930. The molecule has 0 radical (unpaired) electrons. The highest BCUT2D eigenvalue weighted by atomic mass is 14.2. The zero-order chi connectivity index (χ0) is 9.42. The van der Waals surface area contributed by atoms with Crippen LogP contribution in [0.2, 0.25) is 0 Å².